The van der Waals surface area contributed by atoms with Gasteiger partial charge >= 0.3 is 0 Å². The summed E-state index contributed by atoms with van der Waals surface area (Å²) in [7, 11) is 0. The number of aromatic hydroxyl groups is 1. The predicted molar refractivity (Wildman–Crippen MR) is 72.9 cm³/mol. The summed E-state index contributed by atoms with van der Waals surface area (Å²) < 4.78 is 25.0. The molecule has 5 heteroatoms. The maximum Gasteiger partial charge on any atom is 0.210 e. The fraction of sp³-hybridized carbons (Fsp3) is 0.600. The van der Waals surface area contributed by atoms with Gasteiger partial charge in [-0.25, -0.2) is 0 Å². The van der Waals surface area contributed by atoms with E-state index in [0.717, 1.165) is 32.1 Å². The number of hydrogen-bond donors (Lipinski definition) is 2. The number of halogens is 1. The first kappa shape index (κ1) is 13.5. The lowest BCUT2D eigenvalue weighted by atomic mass is 9.69. The second-order valence-corrected chi connectivity index (χ2v) is 5.66. The number of rotatable bonds is 2. The molecule has 1 heterocycles. The standard InChI is InChI=1S/C15H20FNO3/c16-12-13(18)10(8-11-14(12)20-7-6-19-11)15(9-17)4-2-1-3-5-15/h8,18H,1-7,9,17H2. The van der Waals surface area contributed by atoms with Crippen molar-refractivity contribution >= 4 is 0 Å². The van der Waals surface area contributed by atoms with Gasteiger partial charge in [-0.05, 0) is 18.9 Å². The zero-order chi connectivity index (χ0) is 14.2. The van der Waals surface area contributed by atoms with Gasteiger partial charge in [-0.3, -0.25) is 0 Å². The molecule has 0 atom stereocenters. The van der Waals surface area contributed by atoms with Gasteiger partial charge in [0, 0.05) is 17.5 Å². The summed E-state index contributed by atoms with van der Waals surface area (Å²) in [5.41, 5.74) is 6.18. The van der Waals surface area contributed by atoms with Gasteiger partial charge in [-0.15, -0.1) is 0 Å². The van der Waals surface area contributed by atoms with Gasteiger partial charge in [0.2, 0.25) is 11.6 Å². The molecule has 0 amide bonds. The van der Waals surface area contributed by atoms with Crippen LogP contribution in [0.1, 0.15) is 37.7 Å². The van der Waals surface area contributed by atoms with Crippen molar-refractivity contribution in [2.45, 2.75) is 37.5 Å². The first-order valence-corrected chi connectivity index (χ1v) is 7.19. The minimum atomic E-state index is -0.726. The van der Waals surface area contributed by atoms with Gasteiger partial charge in [0.1, 0.15) is 13.2 Å². The van der Waals surface area contributed by atoms with E-state index >= 15 is 0 Å². The van der Waals surface area contributed by atoms with E-state index in [2.05, 4.69) is 0 Å². The molecule has 0 radical (unpaired) electrons. The van der Waals surface area contributed by atoms with Crippen LogP contribution in [-0.2, 0) is 5.41 Å². The number of phenolic OH excluding ortho intramolecular Hbond substituents is 1. The Morgan fingerprint density at radius 3 is 2.60 bits per heavy atom. The third-order valence-corrected chi connectivity index (χ3v) is 4.52. The van der Waals surface area contributed by atoms with Crippen LogP contribution < -0.4 is 15.2 Å². The minimum Gasteiger partial charge on any atom is -0.505 e. The van der Waals surface area contributed by atoms with Crippen LogP contribution >= 0.6 is 0 Å². The van der Waals surface area contributed by atoms with Crippen LogP contribution in [0.3, 0.4) is 0 Å². The molecule has 1 aromatic rings. The molecule has 0 aromatic heterocycles. The lowest BCUT2D eigenvalue weighted by molar-refractivity contribution is 0.161. The Labute approximate surface area is 117 Å². The molecule has 0 bridgehead atoms. The number of hydrogen-bond acceptors (Lipinski definition) is 4. The van der Waals surface area contributed by atoms with Gasteiger partial charge in [0.05, 0.1) is 0 Å². The molecule has 110 valence electrons. The van der Waals surface area contributed by atoms with E-state index in [4.69, 9.17) is 15.2 Å². The van der Waals surface area contributed by atoms with Crippen LogP contribution in [-0.4, -0.2) is 24.9 Å². The van der Waals surface area contributed by atoms with Crippen LogP contribution in [0.4, 0.5) is 4.39 Å². The highest BCUT2D eigenvalue weighted by Gasteiger charge is 2.38. The highest BCUT2D eigenvalue weighted by atomic mass is 19.1. The molecule has 2 aliphatic rings. The predicted octanol–water partition coefficient (Wildman–Crippen LogP) is 2.46. The fourth-order valence-electron chi connectivity index (χ4n) is 3.35. The molecular weight excluding hydrogens is 261 g/mol. The largest absolute Gasteiger partial charge is 0.505 e. The Bertz CT molecular complexity index is 512. The van der Waals surface area contributed by atoms with Gasteiger partial charge in [-0.2, -0.15) is 4.39 Å². The van der Waals surface area contributed by atoms with Gasteiger partial charge in [0.25, 0.3) is 0 Å². The van der Waals surface area contributed by atoms with Crippen LogP contribution in [0.25, 0.3) is 0 Å². The highest BCUT2D eigenvalue weighted by molar-refractivity contribution is 5.55. The van der Waals surface area contributed by atoms with Crippen LogP contribution in [0.2, 0.25) is 0 Å². The molecule has 1 saturated carbocycles. The summed E-state index contributed by atoms with van der Waals surface area (Å²) in [5, 5.41) is 10.2. The molecule has 1 fully saturated rings. The fourth-order valence-corrected chi connectivity index (χ4v) is 3.35. The summed E-state index contributed by atoms with van der Waals surface area (Å²) in [6.45, 7) is 1.09. The Hall–Kier alpha value is -1.49. The Kier molecular flexibility index (Phi) is 3.46. The molecule has 1 aliphatic carbocycles. The monoisotopic (exact) mass is 281 g/mol. The molecular formula is C15H20FNO3. The molecule has 3 N–H and O–H groups in total. The topological polar surface area (TPSA) is 64.7 Å². The summed E-state index contributed by atoms with van der Waals surface area (Å²) in [4.78, 5) is 0. The van der Waals surface area contributed by atoms with E-state index in [9.17, 15) is 9.50 Å². The van der Waals surface area contributed by atoms with E-state index in [0.29, 0.717) is 31.1 Å². The summed E-state index contributed by atoms with van der Waals surface area (Å²) in [6.07, 6.45) is 5.00. The van der Waals surface area contributed by atoms with Gasteiger partial charge in [-0.1, -0.05) is 19.3 Å². The maximum absolute atomic E-state index is 14.3. The third-order valence-electron chi connectivity index (χ3n) is 4.52. The number of fused-ring (bicyclic) bond motifs is 1. The summed E-state index contributed by atoms with van der Waals surface area (Å²) >= 11 is 0. The molecule has 1 aromatic carbocycles. The number of phenols is 1. The van der Waals surface area contributed by atoms with Gasteiger partial charge < -0.3 is 20.3 Å². The molecule has 4 nitrogen and oxygen atoms in total. The van der Waals surface area contributed by atoms with Crippen molar-refractivity contribution in [1.29, 1.82) is 0 Å². The van der Waals surface area contributed by atoms with Crippen molar-refractivity contribution in [3.8, 4) is 17.2 Å². The van der Waals surface area contributed by atoms with Crippen molar-refractivity contribution in [1.82, 2.24) is 0 Å². The molecule has 0 spiro atoms. The third kappa shape index (κ3) is 2.00. The average molecular weight is 281 g/mol. The molecule has 0 unspecified atom stereocenters. The first-order chi connectivity index (χ1) is 9.68. The second-order valence-electron chi connectivity index (χ2n) is 5.66. The Balaban J connectivity index is 2.10. The van der Waals surface area contributed by atoms with Crippen molar-refractivity contribution in [3.63, 3.8) is 0 Å². The summed E-state index contributed by atoms with van der Waals surface area (Å²) in [5.74, 6) is -0.669. The lowest BCUT2D eigenvalue weighted by Crippen LogP contribution is -2.37. The number of ether oxygens (including phenoxy) is 2. The minimum absolute atomic E-state index is 0.0143. The zero-order valence-electron chi connectivity index (χ0n) is 11.5. The van der Waals surface area contributed by atoms with Crippen molar-refractivity contribution in [2.24, 2.45) is 5.73 Å². The van der Waals surface area contributed by atoms with E-state index < -0.39 is 5.82 Å². The maximum atomic E-state index is 14.3. The van der Waals surface area contributed by atoms with Crippen molar-refractivity contribution in [2.75, 3.05) is 19.8 Å². The van der Waals surface area contributed by atoms with E-state index in [-0.39, 0.29) is 16.9 Å². The second kappa shape index (κ2) is 5.13. The quantitative estimate of drug-likeness (QED) is 0.874. The molecule has 1 aliphatic heterocycles. The first-order valence-electron chi connectivity index (χ1n) is 7.19. The Morgan fingerprint density at radius 2 is 1.90 bits per heavy atom. The van der Waals surface area contributed by atoms with E-state index in [1.54, 1.807) is 6.07 Å². The van der Waals surface area contributed by atoms with Crippen LogP contribution in [0, 0.1) is 5.82 Å². The Morgan fingerprint density at radius 1 is 1.20 bits per heavy atom. The number of nitrogens with two attached hydrogens (primary N) is 1. The number of benzene rings is 1. The van der Waals surface area contributed by atoms with Crippen LogP contribution in [0.5, 0.6) is 17.2 Å². The summed E-state index contributed by atoms with van der Waals surface area (Å²) in [6, 6.07) is 1.71. The average Bonchev–Trinajstić information content (AvgIpc) is 2.51. The lowest BCUT2D eigenvalue weighted by Gasteiger charge is -2.37. The van der Waals surface area contributed by atoms with Crippen molar-refractivity contribution in [3.05, 3.63) is 17.4 Å². The normalized spacial score (nSPS) is 20.7. The van der Waals surface area contributed by atoms with Crippen LogP contribution in [0.15, 0.2) is 6.07 Å². The van der Waals surface area contributed by atoms with E-state index in [1.807, 2.05) is 0 Å². The SMILES string of the molecule is NCC1(c2cc3c(c(F)c2O)OCCO3)CCCCC1. The van der Waals surface area contributed by atoms with Crippen molar-refractivity contribution < 1.29 is 19.0 Å². The smallest absolute Gasteiger partial charge is 0.210 e. The molecule has 0 saturated heterocycles. The zero-order valence-corrected chi connectivity index (χ0v) is 11.5. The highest BCUT2D eigenvalue weighted by Crippen LogP contribution is 2.48. The molecule has 20 heavy (non-hydrogen) atoms. The molecule has 3 rings (SSSR count). The van der Waals surface area contributed by atoms with E-state index in [1.165, 1.54) is 0 Å². The van der Waals surface area contributed by atoms with Gasteiger partial charge in [0.15, 0.2) is 11.5 Å².